The Balaban J connectivity index is 2.17. The number of halogens is 2. The van der Waals surface area contributed by atoms with Crippen molar-refractivity contribution in [2.24, 2.45) is 0 Å². The monoisotopic (exact) mass is 490 g/mol. The van der Waals surface area contributed by atoms with E-state index in [-0.39, 0.29) is 29.0 Å². The third-order valence-corrected chi connectivity index (χ3v) is 6.00. The summed E-state index contributed by atoms with van der Waals surface area (Å²) in [5.74, 6) is -3.12. The Kier molecular flexibility index (Phi) is 7.12. The van der Waals surface area contributed by atoms with Gasteiger partial charge in [-0.3, -0.25) is 9.59 Å². The van der Waals surface area contributed by atoms with Crippen LogP contribution in [0, 0.1) is 5.82 Å². The molecule has 2 N–H and O–H groups in total. The molecule has 164 valence electrons. The lowest BCUT2D eigenvalue weighted by atomic mass is 9.94. The molecule has 1 amide bonds. The summed E-state index contributed by atoms with van der Waals surface area (Å²) in [5, 5.41) is 21.2. The van der Waals surface area contributed by atoms with Crippen LogP contribution in [-0.4, -0.2) is 57.9 Å². The highest BCUT2D eigenvalue weighted by Gasteiger charge is 2.47. The summed E-state index contributed by atoms with van der Waals surface area (Å²) >= 11 is 3.27. The Bertz CT molecular complexity index is 1040. The standard InChI is InChI=1S/C23H24BrFN2O4/c1-3-26(4-2)11-12-27-20(15-7-5-6-8-17(15)25)19(22(30)23(27)31)21(29)16-13-14(24)9-10-18(16)28/h5-10,13,20,28-29H,3-4,11-12H2,1-2H3/t20-/m0/s1. The van der Waals surface area contributed by atoms with E-state index in [1.54, 1.807) is 12.1 Å². The molecule has 1 aliphatic rings. The van der Waals surface area contributed by atoms with Gasteiger partial charge in [0.1, 0.15) is 17.3 Å². The number of likely N-dealkylation sites (N-methyl/N-ethyl adjacent to an activating group) is 1. The third-order valence-electron chi connectivity index (χ3n) is 5.51. The molecule has 1 fully saturated rings. The van der Waals surface area contributed by atoms with Gasteiger partial charge in [0, 0.05) is 23.1 Å². The molecule has 1 aliphatic heterocycles. The molecule has 0 bridgehead atoms. The van der Waals surface area contributed by atoms with E-state index in [4.69, 9.17) is 0 Å². The molecule has 0 radical (unpaired) electrons. The van der Waals surface area contributed by atoms with E-state index in [2.05, 4.69) is 20.8 Å². The number of phenols is 1. The van der Waals surface area contributed by atoms with Crippen molar-refractivity contribution in [3.63, 3.8) is 0 Å². The Morgan fingerprint density at radius 2 is 1.84 bits per heavy atom. The van der Waals surface area contributed by atoms with E-state index in [9.17, 15) is 24.2 Å². The summed E-state index contributed by atoms with van der Waals surface area (Å²) in [4.78, 5) is 29.2. The molecule has 0 saturated carbocycles. The van der Waals surface area contributed by atoms with Crippen LogP contribution in [0.15, 0.2) is 52.5 Å². The fourth-order valence-corrected chi connectivity index (χ4v) is 4.12. The average molecular weight is 491 g/mol. The molecule has 0 aliphatic carbocycles. The van der Waals surface area contributed by atoms with Crippen LogP contribution < -0.4 is 0 Å². The fraction of sp³-hybridized carbons (Fsp3) is 0.304. The maximum atomic E-state index is 14.8. The van der Waals surface area contributed by atoms with Crippen LogP contribution in [0.1, 0.15) is 31.0 Å². The largest absolute Gasteiger partial charge is 0.507 e. The highest BCUT2D eigenvalue weighted by Crippen LogP contribution is 2.41. The molecule has 31 heavy (non-hydrogen) atoms. The molecule has 0 aromatic heterocycles. The fourth-order valence-electron chi connectivity index (χ4n) is 3.76. The molecule has 1 saturated heterocycles. The Labute approximate surface area is 188 Å². The predicted octanol–water partition coefficient (Wildman–Crippen LogP) is 4.06. The summed E-state index contributed by atoms with van der Waals surface area (Å²) in [6.07, 6.45) is 0. The minimum atomic E-state index is -1.10. The molecular weight excluding hydrogens is 467 g/mol. The third kappa shape index (κ3) is 4.50. The highest BCUT2D eigenvalue weighted by molar-refractivity contribution is 9.10. The lowest BCUT2D eigenvalue weighted by Gasteiger charge is -2.28. The second-order valence-corrected chi connectivity index (χ2v) is 8.12. The molecule has 2 aromatic rings. The van der Waals surface area contributed by atoms with Crippen LogP contribution in [0.2, 0.25) is 0 Å². The molecular formula is C23H24BrFN2O4. The summed E-state index contributed by atoms with van der Waals surface area (Å²) in [5.41, 5.74) is -0.155. The zero-order chi connectivity index (χ0) is 22.7. The smallest absolute Gasteiger partial charge is 0.295 e. The first-order chi connectivity index (χ1) is 14.8. The van der Waals surface area contributed by atoms with Gasteiger partial charge in [0.2, 0.25) is 0 Å². The lowest BCUT2D eigenvalue weighted by molar-refractivity contribution is -0.140. The number of aliphatic hydroxyl groups excluding tert-OH is 1. The molecule has 1 atom stereocenters. The number of carbonyl (C=O) groups is 2. The summed E-state index contributed by atoms with van der Waals surface area (Å²) in [6, 6.07) is 9.13. The van der Waals surface area contributed by atoms with Crippen molar-refractivity contribution in [3.05, 3.63) is 69.5 Å². The summed E-state index contributed by atoms with van der Waals surface area (Å²) in [7, 11) is 0. The predicted molar refractivity (Wildman–Crippen MR) is 119 cm³/mol. The van der Waals surface area contributed by atoms with Gasteiger partial charge in [0.15, 0.2) is 0 Å². The average Bonchev–Trinajstić information content (AvgIpc) is 3.00. The highest BCUT2D eigenvalue weighted by atomic mass is 79.9. The van der Waals surface area contributed by atoms with E-state index in [0.717, 1.165) is 13.1 Å². The van der Waals surface area contributed by atoms with Gasteiger partial charge in [-0.2, -0.15) is 0 Å². The Morgan fingerprint density at radius 1 is 1.16 bits per heavy atom. The first-order valence-electron chi connectivity index (χ1n) is 10.0. The summed E-state index contributed by atoms with van der Waals surface area (Å²) < 4.78 is 15.3. The van der Waals surface area contributed by atoms with Crippen LogP contribution in [0.4, 0.5) is 4.39 Å². The number of benzene rings is 2. The second-order valence-electron chi connectivity index (χ2n) is 7.20. The number of ketones is 1. The zero-order valence-corrected chi connectivity index (χ0v) is 18.9. The van der Waals surface area contributed by atoms with Crippen LogP contribution in [0.5, 0.6) is 5.75 Å². The first-order valence-corrected chi connectivity index (χ1v) is 10.8. The topological polar surface area (TPSA) is 81.1 Å². The molecule has 3 rings (SSSR count). The number of rotatable bonds is 7. The minimum absolute atomic E-state index is 0.0162. The van der Waals surface area contributed by atoms with Gasteiger partial charge < -0.3 is 20.0 Å². The number of aromatic hydroxyl groups is 1. The van der Waals surface area contributed by atoms with E-state index < -0.39 is 29.3 Å². The quantitative estimate of drug-likeness (QED) is 0.347. The molecule has 0 spiro atoms. The number of phenolic OH excluding ortho intramolecular Hbond substituents is 1. The first kappa shape index (κ1) is 23.0. The number of amides is 1. The minimum Gasteiger partial charge on any atom is -0.507 e. The van der Waals surface area contributed by atoms with E-state index in [1.165, 1.54) is 35.2 Å². The summed E-state index contributed by atoms with van der Waals surface area (Å²) in [6.45, 7) is 6.18. The molecule has 0 unspecified atom stereocenters. The number of Topliss-reactive ketones (excluding diaryl/α,β-unsaturated/α-hetero) is 1. The van der Waals surface area contributed by atoms with Gasteiger partial charge in [-0.15, -0.1) is 0 Å². The van der Waals surface area contributed by atoms with Gasteiger partial charge in [-0.1, -0.05) is 48.0 Å². The number of hydrogen-bond acceptors (Lipinski definition) is 5. The number of likely N-dealkylation sites (tertiary alicyclic amines) is 1. The number of carbonyl (C=O) groups excluding carboxylic acids is 2. The maximum Gasteiger partial charge on any atom is 0.295 e. The van der Waals surface area contributed by atoms with Crippen molar-refractivity contribution in [2.75, 3.05) is 26.2 Å². The second kappa shape index (κ2) is 9.62. The number of hydrogen-bond donors (Lipinski definition) is 2. The molecule has 6 nitrogen and oxygen atoms in total. The SMILES string of the molecule is CCN(CC)CCN1C(=O)C(=O)C(=C(O)c2cc(Br)ccc2O)[C@@H]1c1ccccc1F. The van der Waals surface area contributed by atoms with Crippen molar-refractivity contribution < 1.29 is 24.2 Å². The van der Waals surface area contributed by atoms with Gasteiger partial charge in [-0.05, 0) is 37.4 Å². The van der Waals surface area contributed by atoms with E-state index in [0.29, 0.717) is 11.0 Å². The van der Waals surface area contributed by atoms with Gasteiger partial charge in [0.25, 0.3) is 11.7 Å². The van der Waals surface area contributed by atoms with Crippen molar-refractivity contribution in [1.29, 1.82) is 0 Å². The number of nitrogens with zero attached hydrogens (tertiary/aromatic N) is 2. The van der Waals surface area contributed by atoms with Crippen LogP contribution >= 0.6 is 15.9 Å². The van der Waals surface area contributed by atoms with Gasteiger partial charge >= 0.3 is 0 Å². The van der Waals surface area contributed by atoms with Crippen molar-refractivity contribution >= 4 is 33.4 Å². The molecule has 8 heteroatoms. The molecule has 1 heterocycles. The number of aliphatic hydroxyl groups is 1. The van der Waals surface area contributed by atoms with Crippen LogP contribution in [0.3, 0.4) is 0 Å². The van der Waals surface area contributed by atoms with Crippen LogP contribution in [-0.2, 0) is 9.59 Å². The van der Waals surface area contributed by atoms with Crippen LogP contribution in [0.25, 0.3) is 5.76 Å². The van der Waals surface area contributed by atoms with Gasteiger partial charge in [-0.25, -0.2) is 4.39 Å². The molecule has 2 aromatic carbocycles. The Morgan fingerprint density at radius 3 is 2.48 bits per heavy atom. The lowest BCUT2D eigenvalue weighted by Crippen LogP contribution is -2.38. The van der Waals surface area contributed by atoms with E-state index in [1.807, 2.05) is 13.8 Å². The zero-order valence-electron chi connectivity index (χ0n) is 17.3. The Hall–Kier alpha value is -2.71. The van der Waals surface area contributed by atoms with Crippen molar-refractivity contribution in [2.45, 2.75) is 19.9 Å². The maximum absolute atomic E-state index is 14.8. The van der Waals surface area contributed by atoms with Crippen molar-refractivity contribution in [1.82, 2.24) is 9.80 Å². The van der Waals surface area contributed by atoms with Gasteiger partial charge in [0.05, 0.1) is 17.2 Å². The van der Waals surface area contributed by atoms with E-state index >= 15 is 0 Å². The normalized spacial score (nSPS) is 18.2. The van der Waals surface area contributed by atoms with Crippen molar-refractivity contribution in [3.8, 4) is 5.75 Å².